The van der Waals surface area contributed by atoms with E-state index in [0.717, 1.165) is 12.1 Å². The summed E-state index contributed by atoms with van der Waals surface area (Å²) in [6.07, 6.45) is 5.18. The summed E-state index contributed by atoms with van der Waals surface area (Å²) in [6.45, 7) is 0.620. The summed E-state index contributed by atoms with van der Waals surface area (Å²) in [6, 6.07) is 5.72. The van der Waals surface area contributed by atoms with E-state index in [1.165, 1.54) is 12.4 Å². The first kappa shape index (κ1) is 12.0. The van der Waals surface area contributed by atoms with E-state index in [4.69, 9.17) is 5.11 Å². The van der Waals surface area contributed by atoms with Gasteiger partial charge in [-0.25, -0.2) is 9.78 Å². The highest BCUT2D eigenvalue weighted by atomic mass is 16.4. The van der Waals surface area contributed by atoms with Crippen LogP contribution >= 0.6 is 0 Å². The molecule has 0 atom stereocenters. The second kappa shape index (κ2) is 5.72. The lowest BCUT2D eigenvalue weighted by Crippen LogP contribution is -2.10. The number of hydrogen-bond donors (Lipinski definition) is 2. The molecule has 0 bridgehead atoms. The average Bonchev–Trinajstić information content (AvgIpc) is 2.40. The first-order chi connectivity index (χ1) is 8.75. The molecule has 0 unspecified atom stereocenters. The molecule has 0 aromatic carbocycles. The van der Waals surface area contributed by atoms with Gasteiger partial charge < -0.3 is 10.4 Å². The van der Waals surface area contributed by atoms with Crippen molar-refractivity contribution in [3.8, 4) is 0 Å². The fraction of sp³-hybridized carbons (Fsp3) is 0.167. The van der Waals surface area contributed by atoms with Gasteiger partial charge in [0.2, 0.25) is 0 Å². The molecule has 2 rings (SSSR count). The SMILES string of the molecule is O=C(O)c1cncc(NCCc2ccccn2)n1. The van der Waals surface area contributed by atoms with Crippen LogP contribution in [0.5, 0.6) is 0 Å². The first-order valence-electron chi connectivity index (χ1n) is 5.45. The van der Waals surface area contributed by atoms with E-state index in [0.29, 0.717) is 12.4 Å². The van der Waals surface area contributed by atoms with Crippen LogP contribution < -0.4 is 5.32 Å². The Balaban J connectivity index is 1.90. The monoisotopic (exact) mass is 244 g/mol. The molecule has 0 amide bonds. The van der Waals surface area contributed by atoms with Gasteiger partial charge in [0.05, 0.1) is 12.4 Å². The first-order valence-corrected chi connectivity index (χ1v) is 5.45. The summed E-state index contributed by atoms with van der Waals surface area (Å²) in [5.41, 5.74) is 0.894. The molecule has 0 fully saturated rings. The van der Waals surface area contributed by atoms with Crippen LogP contribution in [0.25, 0.3) is 0 Å². The van der Waals surface area contributed by atoms with Crippen molar-refractivity contribution in [2.75, 3.05) is 11.9 Å². The van der Waals surface area contributed by atoms with Crippen LogP contribution in [0.2, 0.25) is 0 Å². The van der Waals surface area contributed by atoms with E-state index in [1.807, 2.05) is 18.2 Å². The molecule has 6 nitrogen and oxygen atoms in total. The third kappa shape index (κ3) is 3.24. The number of aromatic carboxylic acids is 1. The van der Waals surface area contributed by atoms with Crippen molar-refractivity contribution in [1.82, 2.24) is 15.0 Å². The summed E-state index contributed by atoms with van der Waals surface area (Å²) >= 11 is 0. The standard InChI is InChI=1S/C12H12N4O2/c17-12(18)10-7-13-8-11(16-10)15-6-4-9-3-1-2-5-14-9/h1-3,5,7-8H,4,6H2,(H,15,16)(H,17,18). The van der Waals surface area contributed by atoms with Gasteiger partial charge >= 0.3 is 5.97 Å². The normalized spacial score (nSPS) is 10.0. The molecule has 0 spiro atoms. The number of rotatable bonds is 5. The van der Waals surface area contributed by atoms with E-state index in [2.05, 4.69) is 20.3 Å². The van der Waals surface area contributed by atoms with Crippen LogP contribution in [0.15, 0.2) is 36.8 Å². The van der Waals surface area contributed by atoms with Crippen LogP contribution in [0.1, 0.15) is 16.2 Å². The highest BCUT2D eigenvalue weighted by molar-refractivity contribution is 5.85. The van der Waals surface area contributed by atoms with E-state index in [-0.39, 0.29) is 5.69 Å². The van der Waals surface area contributed by atoms with Gasteiger partial charge in [-0.15, -0.1) is 0 Å². The topological polar surface area (TPSA) is 88.0 Å². The highest BCUT2D eigenvalue weighted by Crippen LogP contribution is 2.03. The third-order valence-corrected chi connectivity index (χ3v) is 2.27. The Labute approximate surface area is 104 Å². The largest absolute Gasteiger partial charge is 0.476 e. The van der Waals surface area contributed by atoms with Crippen molar-refractivity contribution in [2.45, 2.75) is 6.42 Å². The fourth-order valence-electron chi connectivity index (χ4n) is 1.42. The fourth-order valence-corrected chi connectivity index (χ4v) is 1.42. The van der Waals surface area contributed by atoms with Gasteiger partial charge in [-0.1, -0.05) is 6.07 Å². The van der Waals surface area contributed by atoms with E-state index < -0.39 is 5.97 Å². The summed E-state index contributed by atoms with van der Waals surface area (Å²) in [5.74, 6) is -0.637. The number of hydrogen-bond acceptors (Lipinski definition) is 5. The number of nitrogens with zero attached hydrogens (tertiary/aromatic N) is 3. The number of carbonyl (C=O) groups is 1. The number of nitrogens with one attached hydrogen (secondary N) is 1. The van der Waals surface area contributed by atoms with E-state index in [1.54, 1.807) is 6.20 Å². The molecule has 2 aromatic heterocycles. The Kier molecular flexibility index (Phi) is 3.80. The zero-order chi connectivity index (χ0) is 12.8. The van der Waals surface area contributed by atoms with E-state index >= 15 is 0 Å². The maximum Gasteiger partial charge on any atom is 0.356 e. The zero-order valence-electron chi connectivity index (χ0n) is 9.58. The Morgan fingerprint density at radius 3 is 2.94 bits per heavy atom. The van der Waals surface area contributed by atoms with Gasteiger partial charge in [0, 0.05) is 24.9 Å². The van der Waals surface area contributed by atoms with Gasteiger partial charge in [-0.3, -0.25) is 9.97 Å². The predicted octanol–water partition coefficient (Wildman–Crippen LogP) is 1.22. The molecule has 2 N–H and O–H groups in total. The molecule has 92 valence electrons. The molecule has 0 saturated carbocycles. The Morgan fingerprint density at radius 2 is 2.22 bits per heavy atom. The van der Waals surface area contributed by atoms with Gasteiger partial charge in [0.15, 0.2) is 5.69 Å². The molecule has 2 aromatic rings. The molecule has 0 radical (unpaired) electrons. The van der Waals surface area contributed by atoms with Crippen molar-refractivity contribution in [1.29, 1.82) is 0 Å². The highest BCUT2D eigenvalue weighted by Gasteiger charge is 2.05. The maximum atomic E-state index is 10.7. The summed E-state index contributed by atoms with van der Waals surface area (Å²) in [7, 11) is 0. The van der Waals surface area contributed by atoms with Crippen molar-refractivity contribution < 1.29 is 9.90 Å². The van der Waals surface area contributed by atoms with Gasteiger partial charge in [0.25, 0.3) is 0 Å². The van der Waals surface area contributed by atoms with Crippen LogP contribution in [0, 0.1) is 0 Å². The average molecular weight is 244 g/mol. The minimum Gasteiger partial charge on any atom is -0.476 e. The van der Waals surface area contributed by atoms with Crippen LogP contribution in [-0.4, -0.2) is 32.6 Å². The molecule has 0 aliphatic heterocycles. The van der Waals surface area contributed by atoms with Gasteiger partial charge in [-0.05, 0) is 12.1 Å². The number of carboxylic acids is 1. The van der Waals surface area contributed by atoms with Crippen LogP contribution in [-0.2, 0) is 6.42 Å². The number of aromatic nitrogens is 3. The summed E-state index contributed by atoms with van der Waals surface area (Å²) in [5, 5.41) is 11.8. The van der Waals surface area contributed by atoms with Crippen molar-refractivity contribution in [2.24, 2.45) is 0 Å². The lowest BCUT2D eigenvalue weighted by atomic mass is 10.3. The molecule has 0 aliphatic carbocycles. The third-order valence-electron chi connectivity index (χ3n) is 2.27. The quantitative estimate of drug-likeness (QED) is 0.822. The minimum atomic E-state index is -1.09. The zero-order valence-corrected chi connectivity index (χ0v) is 9.58. The Hall–Kier alpha value is -2.50. The van der Waals surface area contributed by atoms with Crippen molar-refractivity contribution in [3.63, 3.8) is 0 Å². The molecule has 18 heavy (non-hydrogen) atoms. The van der Waals surface area contributed by atoms with Gasteiger partial charge in [-0.2, -0.15) is 0 Å². The number of pyridine rings is 1. The lowest BCUT2D eigenvalue weighted by molar-refractivity contribution is 0.0690. The summed E-state index contributed by atoms with van der Waals surface area (Å²) < 4.78 is 0. The van der Waals surface area contributed by atoms with Crippen molar-refractivity contribution in [3.05, 3.63) is 48.2 Å². The van der Waals surface area contributed by atoms with Gasteiger partial charge in [0.1, 0.15) is 5.82 Å². The van der Waals surface area contributed by atoms with Crippen LogP contribution in [0.4, 0.5) is 5.82 Å². The van der Waals surface area contributed by atoms with Crippen molar-refractivity contribution >= 4 is 11.8 Å². The van der Waals surface area contributed by atoms with E-state index in [9.17, 15) is 4.79 Å². The molecule has 2 heterocycles. The molecule has 0 saturated heterocycles. The Bertz CT molecular complexity index is 531. The minimum absolute atomic E-state index is 0.0714. The number of anilines is 1. The second-order valence-corrected chi connectivity index (χ2v) is 3.59. The molecule has 6 heteroatoms. The smallest absolute Gasteiger partial charge is 0.356 e. The molecule has 0 aliphatic rings. The van der Waals surface area contributed by atoms with Crippen LogP contribution in [0.3, 0.4) is 0 Å². The number of carboxylic acid groups (broad SMARTS) is 1. The maximum absolute atomic E-state index is 10.7. The second-order valence-electron chi connectivity index (χ2n) is 3.59. The molecular formula is C12H12N4O2. The lowest BCUT2D eigenvalue weighted by Gasteiger charge is -2.05. The summed E-state index contributed by atoms with van der Waals surface area (Å²) in [4.78, 5) is 22.6. The predicted molar refractivity (Wildman–Crippen MR) is 65.4 cm³/mol. The molecular weight excluding hydrogens is 232 g/mol. The Morgan fingerprint density at radius 1 is 1.33 bits per heavy atom.